The molecule has 1 aromatic heterocycles. The molecule has 0 aliphatic carbocycles. The van der Waals surface area contributed by atoms with Crippen molar-refractivity contribution in [3.63, 3.8) is 0 Å². The topological polar surface area (TPSA) is 86.0 Å². The van der Waals surface area contributed by atoms with Crippen molar-refractivity contribution in [2.24, 2.45) is 4.99 Å². The Hall–Kier alpha value is -1.36. The molecule has 0 bridgehead atoms. The van der Waals surface area contributed by atoms with E-state index >= 15 is 0 Å². The summed E-state index contributed by atoms with van der Waals surface area (Å²) in [6.07, 6.45) is 4.51. The lowest BCUT2D eigenvalue weighted by molar-refractivity contribution is -0.127. The van der Waals surface area contributed by atoms with Crippen LogP contribution in [0.3, 0.4) is 0 Å². The molecule has 1 fully saturated rings. The number of aliphatic imine (C=N–C) groups is 1. The van der Waals surface area contributed by atoms with Crippen LogP contribution in [0.25, 0.3) is 0 Å². The fourth-order valence-electron chi connectivity index (χ4n) is 3.70. The van der Waals surface area contributed by atoms with Crippen LogP contribution in [0.15, 0.2) is 15.6 Å². The highest BCUT2D eigenvalue weighted by atomic mass is 127. The Labute approximate surface area is 198 Å². The summed E-state index contributed by atoms with van der Waals surface area (Å²) < 4.78 is 5.50. The second-order valence-corrected chi connectivity index (χ2v) is 7.84. The van der Waals surface area contributed by atoms with Crippen molar-refractivity contribution in [2.45, 2.75) is 65.0 Å². The number of rotatable bonds is 10. The number of aromatic nitrogens is 1. The number of hydrogen-bond donors (Lipinski definition) is 2. The number of carbonyl (C=O) groups excluding carboxylic acids is 1. The van der Waals surface area contributed by atoms with Crippen molar-refractivity contribution in [1.29, 1.82) is 0 Å². The molecule has 0 saturated carbocycles. The van der Waals surface area contributed by atoms with Crippen molar-refractivity contribution in [3.8, 4) is 0 Å². The van der Waals surface area contributed by atoms with E-state index in [9.17, 15) is 4.79 Å². The molecule has 30 heavy (non-hydrogen) atoms. The smallest absolute Gasteiger partial charge is 0.243 e. The van der Waals surface area contributed by atoms with Gasteiger partial charge in [-0.25, -0.2) is 4.99 Å². The molecule has 1 saturated heterocycles. The van der Waals surface area contributed by atoms with E-state index in [1.807, 2.05) is 6.07 Å². The van der Waals surface area contributed by atoms with Gasteiger partial charge in [-0.05, 0) is 38.8 Å². The SMILES string of the molecule is CCC(CC)c1cc(CNC(=NCC(=O)N(C)C)NCC2CCCN2CC)on1.I. The van der Waals surface area contributed by atoms with E-state index in [1.54, 1.807) is 19.0 Å². The number of guanidine groups is 1. The predicted molar refractivity (Wildman–Crippen MR) is 131 cm³/mol. The Bertz CT molecular complexity index is 660. The fraction of sp³-hybridized carbons (Fsp3) is 0.762. The van der Waals surface area contributed by atoms with Crippen LogP contribution in [0, 0.1) is 0 Å². The molecule has 2 heterocycles. The molecule has 0 aromatic carbocycles. The summed E-state index contributed by atoms with van der Waals surface area (Å²) in [6.45, 7) is 10.1. The molecule has 8 nitrogen and oxygen atoms in total. The minimum absolute atomic E-state index is 0. The molecular weight excluding hydrogens is 495 g/mol. The van der Waals surface area contributed by atoms with Crippen LogP contribution in [0.2, 0.25) is 0 Å². The third-order valence-corrected chi connectivity index (χ3v) is 5.69. The van der Waals surface area contributed by atoms with E-state index in [4.69, 9.17) is 4.52 Å². The average molecular weight is 534 g/mol. The quantitative estimate of drug-likeness (QED) is 0.273. The van der Waals surface area contributed by atoms with Crippen molar-refractivity contribution in [3.05, 3.63) is 17.5 Å². The van der Waals surface area contributed by atoms with Crippen LogP contribution < -0.4 is 10.6 Å². The van der Waals surface area contributed by atoms with Gasteiger partial charge in [0.1, 0.15) is 6.54 Å². The summed E-state index contributed by atoms with van der Waals surface area (Å²) in [5, 5.41) is 10.9. The predicted octanol–water partition coefficient (Wildman–Crippen LogP) is 2.80. The van der Waals surface area contributed by atoms with Crippen LogP contribution >= 0.6 is 24.0 Å². The second kappa shape index (κ2) is 13.8. The van der Waals surface area contributed by atoms with Crippen LogP contribution in [-0.4, -0.2) is 73.1 Å². The van der Waals surface area contributed by atoms with Crippen LogP contribution in [0.5, 0.6) is 0 Å². The summed E-state index contributed by atoms with van der Waals surface area (Å²) in [5.74, 6) is 1.80. The Balaban J connectivity index is 0.00000450. The maximum absolute atomic E-state index is 12.0. The number of likely N-dealkylation sites (N-methyl/N-ethyl adjacent to an activating group) is 2. The molecule has 0 spiro atoms. The van der Waals surface area contributed by atoms with Gasteiger partial charge < -0.3 is 20.1 Å². The van der Waals surface area contributed by atoms with Crippen LogP contribution in [0.1, 0.15) is 63.8 Å². The molecule has 2 N–H and O–H groups in total. The molecule has 1 amide bonds. The number of halogens is 1. The number of amides is 1. The van der Waals surface area contributed by atoms with Gasteiger partial charge in [0.25, 0.3) is 0 Å². The van der Waals surface area contributed by atoms with E-state index in [0.717, 1.165) is 43.9 Å². The van der Waals surface area contributed by atoms with Gasteiger partial charge in [0.15, 0.2) is 11.7 Å². The normalized spacial score (nSPS) is 17.1. The number of likely N-dealkylation sites (tertiary alicyclic amines) is 1. The minimum Gasteiger partial charge on any atom is -0.359 e. The first-order valence-electron chi connectivity index (χ1n) is 10.9. The van der Waals surface area contributed by atoms with E-state index < -0.39 is 0 Å². The Morgan fingerprint density at radius 3 is 2.70 bits per heavy atom. The van der Waals surface area contributed by atoms with E-state index in [-0.39, 0.29) is 36.4 Å². The van der Waals surface area contributed by atoms with Crippen molar-refractivity contribution >= 4 is 35.8 Å². The summed E-state index contributed by atoms with van der Waals surface area (Å²) in [4.78, 5) is 20.5. The van der Waals surface area contributed by atoms with Gasteiger partial charge in [0.2, 0.25) is 5.91 Å². The molecule has 1 aliphatic heterocycles. The third kappa shape index (κ3) is 8.05. The summed E-state index contributed by atoms with van der Waals surface area (Å²) in [5.41, 5.74) is 1.01. The monoisotopic (exact) mass is 534 g/mol. The van der Waals surface area contributed by atoms with Gasteiger partial charge in [-0.3, -0.25) is 9.69 Å². The number of hydrogen-bond acceptors (Lipinski definition) is 5. The highest BCUT2D eigenvalue weighted by Gasteiger charge is 2.23. The van der Waals surface area contributed by atoms with Crippen molar-refractivity contribution < 1.29 is 9.32 Å². The zero-order valence-electron chi connectivity index (χ0n) is 19.1. The molecule has 9 heteroatoms. The van der Waals surface area contributed by atoms with E-state index in [0.29, 0.717) is 24.5 Å². The Morgan fingerprint density at radius 1 is 1.33 bits per heavy atom. The van der Waals surface area contributed by atoms with Gasteiger partial charge in [-0.15, -0.1) is 24.0 Å². The van der Waals surface area contributed by atoms with Gasteiger partial charge in [0.05, 0.1) is 12.2 Å². The fourth-order valence-corrected chi connectivity index (χ4v) is 3.70. The van der Waals surface area contributed by atoms with E-state index in [2.05, 4.69) is 46.5 Å². The summed E-state index contributed by atoms with van der Waals surface area (Å²) in [7, 11) is 3.48. The second-order valence-electron chi connectivity index (χ2n) is 7.84. The molecular formula is C21H39IN6O2. The molecule has 172 valence electrons. The first-order chi connectivity index (χ1) is 14.0. The molecule has 0 radical (unpaired) electrons. The molecule has 1 atom stereocenters. The van der Waals surface area contributed by atoms with Crippen LogP contribution in [-0.2, 0) is 11.3 Å². The highest BCUT2D eigenvalue weighted by molar-refractivity contribution is 14.0. The number of nitrogens with one attached hydrogen (secondary N) is 2. The number of carbonyl (C=O) groups is 1. The zero-order valence-corrected chi connectivity index (χ0v) is 21.4. The average Bonchev–Trinajstić information content (AvgIpc) is 3.37. The minimum atomic E-state index is -0.0298. The summed E-state index contributed by atoms with van der Waals surface area (Å²) in [6, 6.07) is 2.52. The Morgan fingerprint density at radius 2 is 2.07 bits per heavy atom. The van der Waals surface area contributed by atoms with Crippen molar-refractivity contribution in [2.75, 3.05) is 40.3 Å². The van der Waals surface area contributed by atoms with Gasteiger partial charge in [-0.2, -0.15) is 0 Å². The van der Waals surface area contributed by atoms with Crippen LogP contribution in [0.4, 0.5) is 0 Å². The van der Waals surface area contributed by atoms with Gasteiger partial charge >= 0.3 is 0 Å². The lowest BCUT2D eigenvalue weighted by Gasteiger charge is -2.24. The maximum atomic E-state index is 12.0. The number of nitrogens with zero attached hydrogens (tertiary/aromatic N) is 4. The molecule has 2 rings (SSSR count). The lowest BCUT2D eigenvalue weighted by atomic mass is 9.99. The molecule has 1 aromatic rings. The maximum Gasteiger partial charge on any atom is 0.243 e. The van der Waals surface area contributed by atoms with Gasteiger partial charge in [-0.1, -0.05) is 25.9 Å². The lowest BCUT2D eigenvalue weighted by Crippen LogP contribution is -2.45. The largest absolute Gasteiger partial charge is 0.359 e. The first-order valence-corrected chi connectivity index (χ1v) is 10.9. The van der Waals surface area contributed by atoms with Crippen molar-refractivity contribution in [1.82, 2.24) is 25.6 Å². The third-order valence-electron chi connectivity index (χ3n) is 5.69. The Kier molecular flexibility index (Phi) is 12.3. The van der Waals surface area contributed by atoms with Gasteiger partial charge in [0, 0.05) is 38.7 Å². The highest BCUT2D eigenvalue weighted by Crippen LogP contribution is 2.22. The standard InChI is InChI=1S/C21H38N6O2.HI/c1-6-16(7-2)19-12-18(29-25-19)14-23-21(24-15-20(28)26(4)5)22-13-17-10-9-11-27(17)8-3;/h12,16-17H,6-11,13-15H2,1-5H3,(H2,22,23,24);1H. The van der Waals surface area contributed by atoms with E-state index in [1.165, 1.54) is 12.8 Å². The molecule has 1 unspecified atom stereocenters. The summed E-state index contributed by atoms with van der Waals surface area (Å²) >= 11 is 0. The first kappa shape index (κ1) is 26.7. The zero-order chi connectivity index (χ0) is 21.2. The molecule has 1 aliphatic rings.